The van der Waals surface area contributed by atoms with Gasteiger partial charge in [0.1, 0.15) is 0 Å². The average molecular weight is 228 g/mol. The van der Waals surface area contributed by atoms with E-state index in [9.17, 15) is 0 Å². The number of nitrogen functional groups attached to an aromatic ring is 1. The molecule has 1 nitrogen and oxygen atoms in total. The van der Waals surface area contributed by atoms with Crippen LogP contribution >= 0.6 is 23.4 Å². The van der Waals surface area contributed by atoms with Crippen molar-refractivity contribution in [3.63, 3.8) is 0 Å². The van der Waals surface area contributed by atoms with Crippen molar-refractivity contribution in [3.8, 4) is 0 Å². The smallest absolute Gasteiger partial charge is 0.0467 e. The highest BCUT2D eigenvalue weighted by Gasteiger charge is 2.20. The van der Waals surface area contributed by atoms with Crippen LogP contribution in [0.2, 0.25) is 5.02 Å². The van der Waals surface area contributed by atoms with Crippen molar-refractivity contribution in [3.05, 3.63) is 23.2 Å². The summed E-state index contributed by atoms with van der Waals surface area (Å²) in [6.45, 7) is 0. The highest BCUT2D eigenvalue weighted by Crippen LogP contribution is 2.35. The number of benzene rings is 1. The molecule has 1 saturated carbocycles. The summed E-state index contributed by atoms with van der Waals surface area (Å²) in [4.78, 5) is 1.16. The Morgan fingerprint density at radius 3 is 2.86 bits per heavy atom. The first-order valence-corrected chi connectivity index (χ1v) is 6.30. The molecule has 1 fully saturated rings. The summed E-state index contributed by atoms with van der Waals surface area (Å²) in [7, 11) is 0. The molecule has 0 aliphatic heterocycles. The van der Waals surface area contributed by atoms with Crippen LogP contribution in [0.5, 0.6) is 0 Å². The van der Waals surface area contributed by atoms with E-state index in [1.54, 1.807) is 0 Å². The third-order valence-electron chi connectivity index (χ3n) is 2.45. The van der Waals surface area contributed by atoms with Crippen LogP contribution in [0.1, 0.15) is 19.3 Å². The van der Waals surface area contributed by atoms with E-state index in [0.29, 0.717) is 5.02 Å². The van der Waals surface area contributed by atoms with Gasteiger partial charge in [-0.15, -0.1) is 11.8 Å². The topological polar surface area (TPSA) is 26.0 Å². The number of anilines is 1. The van der Waals surface area contributed by atoms with Gasteiger partial charge >= 0.3 is 0 Å². The summed E-state index contributed by atoms with van der Waals surface area (Å²) in [5.74, 6) is 2.17. The monoisotopic (exact) mass is 227 g/mol. The molecule has 0 unspecified atom stereocenters. The van der Waals surface area contributed by atoms with Gasteiger partial charge < -0.3 is 5.73 Å². The maximum atomic E-state index is 5.85. The van der Waals surface area contributed by atoms with Crippen molar-refractivity contribution in [2.24, 2.45) is 5.92 Å². The van der Waals surface area contributed by atoms with Crippen molar-refractivity contribution < 1.29 is 0 Å². The molecule has 0 spiro atoms. The standard InChI is InChI=1S/C11H14ClNS/c12-9-3-4-11(10(13)7-9)14-6-5-8-1-2-8/h3-4,7-8H,1-2,5-6,13H2. The van der Waals surface area contributed by atoms with Crippen molar-refractivity contribution in [2.75, 3.05) is 11.5 Å². The number of hydrogen-bond acceptors (Lipinski definition) is 2. The Hall–Kier alpha value is -0.340. The zero-order chi connectivity index (χ0) is 9.97. The van der Waals surface area contributed by atoms with E-state index in [4.69, 9.17) is 17.3 Å². The number of halogens is 1. The summed E-state index contributed by atoms with van der Waals surface area (Å²) in [6.07, 6.45) is 4.18. The first-order valence-electron chi connectivity index (χ1n) is 4.93. The largest absolute Gasteiger partial charge is 0.398 e. The minimum absolute atomic E-state index is 0.717. The van der Waals surface area contributed by atoms with Crippen molar-refractivity contribution in [1.29, 1.82) is 0 Å². The Labute approximate surface area is 94.0 Å². The van der Waals surface area contributed by atoms with Crippen LogP contribution < -0.4 is 5.73 Å². The van der Waals surface area contributed by atoms with Crippen LogP contribution in [0, 0.1) is 5.92 Å². The zero-order valence-corrected chi connectivity index (χ0v) is 9.57. The van der Waals surface area contributed by atoms with Crippen molar-refractivity contribution in [2.45, 2.75) is 24.2 Å². The van der Waals surface area contributed by atoms with Gasteiger partial charge in [-0.05, 0) is 36.3 Å². The third kappa shape index (κ3) is 2.82. The van der Waals surface area contributed by atoms with Crippen molar-refractivity contribution >= 4 is 29.1 Å². The van der Waals surface area contributed by atoms with E-state index >= 15 is 0 Å². The van der Waals surface area contributed by atoms with Gasteiger partial charge in [0, 0.05) is 15.6 Å². The van der Waals surface area contributed by atoms with Crippen LogP contribution in [-0.2, 0) is 0 Å². The SMILES string of the molecule is Nc1cc(Cl)ccc1SCCC1CC1. The second-order valence-electron chi connectivity index (χ2n) is 3.76. The molecule has 14 heavy (non-hydrogen) atoms. The Bertz CT molecular complexity index is 323. The van der Waals surface area contributed by atoms with Crippen LogP contribution in [0.3, 0.4) is 0 Å². The van der Waals surface area contributed by atoms with Crippen LogP contribution in [-0.4, -0.2) is 5.75 Å². The fourth-order valence-electron chi connectivity index (χ4n) is 1.39. The lowest BCUT2D eigenvalue weighted by atomic mass is 10.3. The maximum absolute atomic E-state index is 5.85. The van der Waals surface area contributed by atoms with Gasteiger partial charge in [-0.1, -0.05) is 24.4 Å². The van der Waals surface area contributed by atoms with E-state index in [1.165, 1.54) is 25.0 Å². The van der Waals surface area contributed by atoms with Crippen LogP contribution in [0.4, 0.5) is 5.69 Å². The zero-order valence-electron chi connectivity index (χ0n) is 8.00. The lowest BCUT2D eigenvalue weighted by molar-refractivity contribution is 0.809. The molecule has 2 N–H and O–H groups in total. The quantitative estimate of drug-likeness (QED) is 0.625. The molecule has 0 bridgehead atoms. The number of rotatable bonds is 4. The van der Waals surface area contributed by atoms with E-state index in [2.05, 4.69) is 0 Å². The fraction of sp³-hybridized carbons (Fsp3) is 0.455. The summed E-state index contributed by atoms with van der Waals surface area (Å²) >= 11 is 7.66. The molecule has 76 valence electrons. The highest BCUT2D eigenvalue weighted by atomic mass is 35.5. The first-order chi connectivity index (χ1) is 6.75. The molecule has 0 aromatic heterocycles. The molecule has 1 aromatic rings. The number of thioether (sulfide) groups is 1. The lowest BCUT2D eigenvalue weighted by Gasteiger charge is -2.04. The van der Waals surface area contributed by atoms with E-state index in [0.717, 1.165) is 16.5 Å². The van der Waals surface area contributed by atoms with Gasteiger partial charge in [0.05, 0.1) is 0 Å². The average Bonchev–Trinajstić information content (AvgIpc) is 2.92. The molecule has 0 saturated heterocycles. The van der Waals surface area contributed by atoms with Gasteiger partial charge in [0.2, 0.25) is 0 Å². The fourth-order valence-corrected chi connectivity index (χ4v) is 2.63. The molecule has 1 aliphatic carbocycles. The van der Waals surface area contributed by atoms with E-state index < -0.39 is 0 Å². The summed E-state index contributed by atoms with van der Waals surface area (Å²) in [5, 5.41) is 0.717. The lowest BCUT2D eigenvalue weighted by Crippen LogP contribution is -1.89. The van der Waals surface area contributed by atoms with Gasteiger partial charge in [0.25, 0.3) is 0 Å². The Morgan fingerprint density at radius 2 is 2.21 bits per heavy atom. The molecule has 2 rings (SSSR count). The Kier molecular flexibility index (Phi) is 3.24. The number of hydrogen-bond donors (Lipinski definition) is 1. The molecule has 0 amide bonds. The molecular formula is C11H14ClNS. The van der Waals surface area contributed by atoms with Crippen LogP contribution in [0.15, 0.2) is 23.1 Å². The van der Waals surface area contributed by atoms with Crippen LogP contribution in [0.25, 0.3) is 0 Å². The summed E-state index contributed by atoms with van der Waals surface area (Å²) in [5.41, 5.74) is 6.65. The summed E-state index contributed by atoms with van der Waals surface area (Å²) < 4.78 is 0. The van der Waals surface area contributed by atoms with Gasteiger partial charge in [-0.3, -0.25) is 0 Å². The molecule has 3 heteroatoms. The molecule has 0 heterocycles. The van der Waals surface area contributed by atoms with Crippen molar-refractivity contribution in [1.82, 2.24) is 0 Å². The minimum Gasteiger partial charge on any atom is -0.398 e. The Morgan fingerprint density at radius 1 is 1.43 bits per heavy atom. The van der Waals surface area contributed by atoms with Gasteiger partial charge in [0.15, 0.2) is 0 Å². The Balaban J connectivity index is 1.87. The summed E-state index contributed by atoms with van der Waals surface area (Å²) in [6, 6.07) is 5.73. The van der Waals surface area contributed by atoms with E-state index in [1.807, 2.05) is 30.0 Å². The predicted octanol–water partition coefficient (Wildman–Crippen LogP) is 3.81. The predicted molar refractivity (Wildman–Crippen MR) is 63.9 cm³/mol. The molecule has 0 radical (unpaired) electrons. The number of nitrogens with two attached hydrogens (primary N) is 1. The molecule has 1 aliphatic rings. The van der Waals surface area contributed by atoms with Gasteiger partial charge in [-0.2, -0.15) is 0 Å². The second kappa shape index (κ2) is 4.45. The third-order valence-corrected chi connectivity index (χ3v) is 3.81. The second-order valence-corrected chi connectivity index (χ2v) is 5.34. The molecule has 0 atom stereocenters. The highest BCUT2D eigenvalue weighted by molar-refractivity contribution is 7.99. The van der Waals surface area contributed by atoms with E-state index in [-0.39, 0.29) is 0 Å². The normalized spacial score (nSPS) is 15.8. The molecular weight excluding hydrogens is 214 g/mol. The molecule has 1 aromatic carbocycles. The minimum atomic E-state index is 0.717. The van der Waals surface area contributed by atoms with Gasteiger partial charge in [-0.25, -0.2) is 0 Å². The first kappa shape index (κ1) is 10.2. The maximum Gasteiger partial charge on any atom is 0.0467 e.